The monoisotopic (exact) mass is 243 g/mol. The first-order valence-electron chi connectivity index (χ1n) is 6.64. The van der Waals surface area contributed by atoms with Gasteiger partial charge in [-0.1, -0.05) is 41.5 Å². The largest absolute Gasteiger partial charge is 0.373 e. The second-order valence-electron chi connectivity index (χ2n) is 6.48. The normalized spacial score (nSPS) is 12.6. The Labute approximate surface area is 106 Å². The number of hydrogen-bond acceptors (Lipinski definition) is 3. The van der Waals surface area contributed by atoms with Crippen molar-refractivity contribution in [3.8, 4) is 0 Å². The smallest absolute Gasteiger partial charge is 0.330 e. The van der Waals surface area contributed by atoms with Crippen molar-refractivity contribution in [2.75, 3.05) is 0 Å². The highest BCUT2D eigenvalue weighted by molar-refractivity contribution is 5.76. The summed E-state index contributed by atoms with van der Waals surface area (Å²) >= 11 is 0. The molecule has 0 aromatic rings. The molecule has 0 heterocycles. The molecule has 0 aliphatic rings. The van der Waals surface area contributed by atoms with E-state index < -0.39 is 5.41 Å². The molecule has 2 N–H and O–H groups in total. The van der Waals surface area contributed by atoms with E-state index in [1.54, 1.807) is 0 Å². The lowest BCUT2D eigenvalue weighted by molar-refractivity contribution is -0.160. The number of carbonyl (C=O) groups excluding carboxylic acids is 1. The van der Waals surface area contributed by atoms with Crippen molar-refractivity contribution in [3.05, 3.63) is 0 Å². The average Bonchev–Trinajstić information content (AvgIpc) is 2.12. The number of rotatable bonds is 7. The molecule has 0 radical (unpaired) electrons. The zero-order valence-electron chi connectivity index (χ0n) is 12.2. The summed E-state index contributed by atoms with van der Waals surface area (Å²) in [5, 5.41) is 0. The molecule has 102 valence electrons. The van der Waals surface area contributed by atoms with Gasteiger partial charge in [-0.15, -0.1) is 0 Å². The quantitative estimate of drug-likeness (QED) is 0.696. The van der Waals surface area contributed by atoms with Gasteiger partial charge >= 0.3 is 5.97 Å². The van der Waals surface area contributed by atoms with Gasteiger partial charge in [-0.3, -0.25) is 0 Å². The Hall–Kier alpha value is -0.570. The third kappa shape index (κ3) is 5.53. The van der Waals surface area contributed by atoms with Gasteiger partial charge in [0.25, 0.3) is 0 Å². The van der Waals surface area contributed by atoms with Crippen molar-refractivity contribution < 1.29 is 9.63 Å². The molecular formula is C14H29NO2. The first-order chi connectivity index (χ1) is 7.73. The summed E-state index contributed by atoms with van der Waals surface area (Å²) in [6, 6.07) is 0. The van der Waals surface area contributed by atoms with Crippen LogP contribution in [-0.4, -0.2) is 5.97 Å². The molecule has 0 spiro atoms. The summed E-state index contributed by atoms with van der Waals surface area (Å²) in [5.74, 6) is 6.29. The van der Waals surface area contributed by atoms with E-state index in [-0.39, 0.29) is 5.97 Å². The fraction of sp³-hybridized carbons (Fsp3) is 0.929. The zero-order valence-corrected chi connectivity index (χ0v) is 12.2. The molecule has 0 unspecified atom stereocenters. The summed E-state index contributed by atoms with van der Waals surface area (Å²) in [4.78, 5) is 16.7. The third-order valence-electron chi connectivity index (χ3n) is 2.94. The summed E-state index contributed by atoms with van der Waals surface area (Å²) in [6.07, 6.45) is 2.54. The predicted octanol–water partition coefficient (Wildman–Crippen LogP) is 3.53. The van der Waals surface area contributed by atoms with Gasteiger partial charge in [0.2, 0.25) is 0 Å². The van der Waals surface area contributed by atoms with Crippen LogP contribution in [0.5, 0.6) is 0 Å². The Balaban J connectivity index is 5.11. The molecule has 0 amide bonds. The van der Waals surface area contributed by atoms with E-state index in [0.29, 0.717) is 17.8 Å². The highest BCUT2D eigenvalue weighted by Crippen LogP contribution is 2.40. The van der Waals surface area contributed by atoms with E-state index in [4.69, 9.17) is 5.90 Å². The van der Waals surface area contributed by atoms with Crippen LogP contribution in [-0.2, 0) is 9.63 Å². The second kappa shape index (κ2) is 7.00. The fourth-order valence-corrected chi connectivity index (χ4v) is 2.97. The number of carbonyl (C=O) groups is 1. The lowest BCUT2D eigenvalue weighted by Crippen LogP contribution is -2.38. The van der Waals surface area contributed by atoms with Gasteiger partial charge < -0.3 is 4.84 Å². The van der Waals surface area contributed by atoms with E-state index in [0.717, 1.165) is 19.3 Å². The molecular weight excluding hydrogens is 214 g/mol. The van der Waals surface area contributed by atoms with Crippen molar-refractivity contribution in [3.63, 3.8) is 0 Å². The van der Waals surface area contributed by atoms with Gasteiger partial charge in [0.05, 0.1) is 5.41 Å². The molecule has 0 saturated heterocycles. The average molecular weight is 243 g/mol. The molecule has 0 bridgehead atoms. The van der Waals surface area contributed by atoms with Gasteiger partial charge in [0.15, 0.2) is 0 Å². The molecule has 0 aromatic carbocycles. The van der Waals surface area contributed by atoms with E-state index in [9.17, 15) is 4.79 Å². The maximum atomic E-state index is 12.1. The lowest BCUT2D eigenvalue weighted by Gasteiger charge is -2.35. The first-order valence-corrected chi connectivity index (χ1v) is 6.64. The maximum Gasteiger partial charge on any atom is 0.330 e. The van der Waals surface area contributed by atoms with Gasteiger partial charge in [-0.2, -0.15) is 5.90 Å². The zero-order chi connectivity index (χ0) is 13.6. The molecule has 0 atom stereocenters. The standard InChI is InChI=1S/C14H29NO2/c1-10(2)7-14(8-11(3)4,9-12(5)6)13(16)17-15/h10-12H,7-9,15H2,1-6H3. The SMILES string of the molecule is CC(C)CC(CC(C)C)(CC(C)C)C(=O)ON. The van der Waals surface area contributed by atoms with Crippen LogP contribution in [0.1, 0.15) is 60.8 Å². The molecule has 0 aromatic heterocycles. The van der Waals surface area contributed by atoms with Crippen molar-refractivity contribution in [2.24, 2.45) is 29.1 Å². The van der Waals surface area contributed by atoms with Crippen LogP contribution in [0.3, 0.4) is 0 Å². The predicted molar refractivity (Wildman–Crippen MR) is 71.1 cm³/mol. The fourth-order valence-electron chi connectivity index (χ4n) is 2.97. The molecule has 0 aliphatic carbocycles. The van der Waals surface area contributed by atoms with Crippen LogP contribution in [0.2, 0.25) is 0 Å². The Morgan fingerprint density at radius 3 is 1.41 bits per heavy atom. The summed E-state index contributed by atoms with van der Waals surface area (Å²) in [5.41, 5.74) is -0.411. The Morgan fingerprint density at radius 1 is 0.941 bits per heavy atom. The molecule has 0 fully saturated rings. The molecule has 0 aliphatic heterocycles. The van der Waals surface area contributed by atoms with Crippen LogP contribution < -0.4 is 5.90 Å². The number of hydrogen-bond donors (Lipinski definition) is 1. The topological polar surface area (TPSA) is 52.3 Å². The van der Waals surface area contributed by atoms with Crippen LogP contribution in [0.4, 0.5) is 0 Å². The minimum atomic E-state index is -0.411. The van der Waals surface area contributed by atoms with Crippen molar-refractivity contribution in [2.45, 2.75) is 60.8 Å². The van der Waals surface area contributed by atoms with E-state index in [1.165, 1.54) is 0 Å². The highest BCUT2D eigenvalue weighted by Gasteiger charge is 2.41. The Kier molecular flexibility index (Phi) is 6.76. The molecule has 3 heteroatoms. The summed E-state index contributed by atoms with van der Waals surface area (Å²) in [7, 11) is 0. The van der Waals surface area contributed by atoms with Crippen molar-refractivity contribution >= 4 is 5.97 Å². The van der Waals surface area contributed by atoms with Gasteiger partial charge in [0, 0.05) is 0 Å². The van der Waals surface area contributed by atoms with Crippen molar-refractivity contribution in [1.29, 1.82) is 0 Å². The highest BCUT2D eigenvalue weighted by atomic mass is 16.7. The molecule has 17 heavy (non-hydrogen) atoms. The maximum absolute atomic E-state index is 12.1. The van der Waals surface area contributed by atoms with Crippen LogP contribution >= 0.6 is 0 Å². The van der Waals surface area contributed by atoms with E-state index in [2.05, 4.69) is 46.4 Å². The minimum Gasteiger partial charge on any atom is -0.373 e. The number of nitrogens with two attached hydrogens (primary N) is 1. The van der Waals surface area contributed by atoms with Gasteiger partial charge in [-0.25, -0.2) is 4.79 Å². The molecule has 3 nitrogen and oxygen atoms in total. The molecule has 0 rings (SSSR count). The summed E-state index contributed by atoms with van der Waals surface area (Å²) in [6.45, 7) is 12.8. The Bertz CT molecular complexity index is 208. The third-order valence-corrected chi connectivity index (χ3v) is 2.94. The first kappa shape index (κ1) is 16.4. The van der Waals surface area contributed by atoms with Crippen LogP contribution in [0.15, 0.2) is 0 Å². The van der Waals surface area contributed by atoms with Crippen molar-refractivity contribution in [1.82, 2.24) is 0 Å². The van der Waals surface area contributed by atoms with Crippen LogP contribution in [0.25, 0.3) is 0 Å². The second-order valence-corrected chi connectivity index (χ2v) is 6.48. The van der Waals surface area contributed by atoms with Gasteiger partial charge in [-0.05, 0) is 37.0 Å². The summed E-state index contributed by atoms with van der Waals surface area (Å²) < 4.78 is 0. The minimum absolute atomic E-state index is 0.242. The van der Waals surface area contributed by atoms with Gasteiger partial charge in [0.1, 0.15) is 0 Å². The lowest BCUT2D eigenvalue weighted by atomic mass is 9.69. The van der Waals surface area contributed by atoms with E-state index in [1.807, 2.05) is 0 Å². The van der Waals surface area contributed by atoms with E-state index >= 15 is 0 Å². The molecule has 0 saturated carbocycles. The Morgan fingerprint density at radius 2 is 1.24 bits per heavy atom. The van der Waals surface area contributed by atoms with Crippen LogP contribution in [0, 0.1) is 23.2 Å².